The minimum atomic E-state index is 0.506. The van der Waals surface area contributed by atoms with Crippen LogP contribution in [-0.4, -0.2) is 41.8 Å². The first kappa shape index (κ1) is 23.4. The molecule has 3 aromatic rings. The largest absolute Gasteiger partial charge is 0.497 e. The fourth-order valence-electron chi connectivity index (χ4n) is 4.69. The maximum absolute atomic E-state index is 5.58. The number of hydrogen-bond acceptors (Lipinski definition) is 6. The van der Waals surface area contributed by atoms with Gasteiger partial charge in [-0.05, 0) is 66.7 Å². The zero-order valence-corrected chi connectivity index (χ0v) is 21.0. The van der Waals surface area contributed by atoms with E-state index < -0.39 is 0 Å². The lowest BCUT2D eigenvalue weighted by atomic mass is 10.00. The highest BCUT2D eigenvalue weighted by molar-refractivity contribution is 7.80. The Kier molecular flexibility index (Phi) is 7.28. The van der Waals surface area contributed by atoms with Crippen molar-refractivity contribution in [1.82, 2.24) is 15.3 Å². The van der Waals surface area contributed by atoms with E-state index in [1.807, 2.05) is 24.3 Å². The molecule has 2 N–H and O–H groups in total. The number of rotatable bonds is 6. The molecule has 0 aliphatic carbocycles. The van der Waals surface area contributed by atoms with Gasteiger partial charge in [-0.25, -0.2) is 0 Å². The van der Waals surface area contributed by atoms with Crippen LogP contribution >= 0.6 is 12.2 Å². The standard InChI is InChI=1S/C27H32N6OS/c1-34-23-11-9-20(10-12-23)18-28-27(35)31-26-29-24(32-14-5-2-6-15-32)17-25(30-26)33-16-13-21-7-3-4-8-22(21)19-33/h3-4,7-12,17H,2,5-6,13-16,18-19H2,1H3,(H2,28,29,30,31,35). The molecule has 0 amide bonds. The molecule has 1 saturated heterocycles. The van der Waals surface area contributed by atoms with E-state index in [9.17, 15) is 0 Å². The van der Waals surface area contributed by atoms with E-state index in [0.717, 1.165) is 55.5 Å². The number of thiocarbonyl (C=S) groups is 1. The number of benzene rings is 2. The summed E-state index contributed by atoms with van der Waals surface area (Å²) >= 11 is 5.58. The third-order valence-corrected chi connectivity index (χ3v) is 6.92. The summed E-state index contributed by atoms with van der Waals surface area (Å²) in [7, 11) is 1.67. The highest BCUT2D eigenvalue weighted by Crippen LogP contribution is 2.28. The summed E-state index contributed by atoms with van der Waals surface area (Å²) in [5, 5.41) is 7.01. The summed E-state index contributed by atoms with van der Waals surface area (Å²) in [6.07, 6.45) is 4.69. The van der Waals surface area contributed by atoms with Gasteiger partial charge in [-0.3, -0.25) is 0 Å². The van der Waals surface area contributed by atoms with Gasteiger partial charge in [0.15, 0.2) is 5.11 Å². The molecule has 0 atom stereocenters. The predicted molar refractivity (Wildman–Crippen MR) is 145 cm³/mol. The summed E-state index contributed by atoms with van der Waals surface area (Å²) in [6, 6.07) is 18.7. The van der Waals surface area contributed by atoms with Crippen LogP contribution in [0.4, 0.5) is 17.6 Å². The second-order valence-corrected chi connectivity index (χ2v) is 9.46. The molecule has 8 heteroatoms. The lowest BCUT2D eigenvalue weighted by Gasteiger charge is -2.32. The fraction of sp³-hybridized carbons (Fsp3) is 0.370. The summed E-state index contributed by atoms with van der Waals surface area (Å²) < 4.78 is 5.23. The molecule has 2 aromatic carbocycles. The highest BCUT2D eigenvalue weighted by atomic mass is 32.1. The van der Waals surface area contributed by atoms with Gasteiger partial charge >= 0.3 is 0 Å². The summed E-state index contributed by atoms with van der Waals surface area (Å²) in [4.78, 5) is 14.4. The molecule has 1 fully saturated rings. The molecule has 7 nitrogen and oxygen atoms in total. The third-order valence-electron chi connectivity index (χ3n) is 6.67. The van der Waals surface area contributed by atoms with E-state index in [4.69, 9.17) is 26.9 Å². The van der Waals surface area contributed by atoms with E-state index in [1.54, 1.807) is 7.11 Å². The average Bonchev–Trinajstić information content (AvgIpc) is 2.92. The average molecular weight is 489 g/mol. The molecule has 1 aromatic heterocycles. The monoisotopic (exact) mass is 488 g/mol. The molecule has 2 aliphatic rings. The Hall–Kier alpha value is -3.39. The van der Waals surface area contributed by atoms with Gasteiger partial charge in [0, 0.05) is 38.8 Å². The quantitative estimate of drug-likeness (QED) is 0.491. The number of ether oxygens (including phenoxy) is 1. The molecule has 3 heterocycles. The lowest BCUT2D eigenvalue weighted by molar-refractivity contribution is 0.414. The number of methoxy groups -OCH3 is 1. The van der Waals surface area contributed by atoms with Crippen molar-refractivity contribution in [1.29, 1.82) is 0 Å². The van der Waals surface area contributed by atoms with Gasteiger partial charge in [0.05, 0.1) is 7.11 Å². The van der Waals surface area contributed by atoms with E-state index in [1.165, 1.54) is 30.4 Å². The van der Waals surface area contributed by atoms with Crippen molar-refractivity contribution < 1.29 is 4.74 Å². The zero-order valence-electron chi connectivity index (χ0n) is 20.2. The Morgan fingerprint density at radius 3 is 2.37 bits per heavy atom. The van der Waals surface area contributed by atoms with Gasteiger partial charge in [0.2, 0.25) is 5.95 Å². The molecule has 35 heavy (non-hydrogen) atoms. The molecule has 182 valence electrons. The molecule has 5 rings (SSSR count). The summed E-state index contributed by atoms with van der Waals surface area (Å²) in [5.74, 6) is 3.28. The van der Waals surface area contributed by atoms with Crippen LogP contribution in [0.5, 0.6) is 5.75 Å². The number of anilines is 3. The number of hydrogen-bond donors (Lipinski definition) is 2. The molecule has 0 saturated carbocycles. The van der Waals surface area contributed by atoms with Crippen molar-refractivity contribution in [3.8, 4) is 5.75 Å². The van der Waals surface area contributed by atoms with Gasteiger partial charge in [-0.1, -0.05) is 36.4 Å². The van der Waals surface area contributed by atoms with Gasteiger partial charge in [-0.15, -0.1) is 0 Å². The Bertz CT molecular complexity index is 1160. The van der Waals surface area contributed by atoms with Crippen molar-refractivity contribution >= 4 is 34.9 Å². The van der Waals surface area contributed by atoms with Crippen molar-refractivity contribution in [2.45, 2.75) is 38.8 Å². The van der Waals surface area contributed by atoms with E-state index in [-0.39, 0.29) is 0 Å². The van der Waals surface area contributed by atoms with Crippen LogP contribution in [0.2, 0.25) is 0 Å². The van der Waals surface area contributed by atoms with Crippen LogP contribution < -0.4 is 25.2 Å². The molecule has 0 radical (unpaired) electrons. The van der Waals surface area contributed by atoms with Crippen molar-refractivity contribution in [3.63, 3.8) is 0 Å². The second kappa shape index (κ2) is 10.9. The van der Waals surface area contributed by atoms with Crippen LogP contribution in [0.25, 0.3) is 0 Å². The highest BCUT2D eigenvalue weighted by Gasteiger charge is 2.21. The predicted octanol–water partition coefficient (Wildman–Crippen LogP) is 4.52. The first-order valence-electron chi connectivity index (χ1n) is 12.3. The Labute approximate surface area is 212 Å². The van der Waals surface area contributed by atoms with E-state index in [0.29, 0.717) is 17.6 Å². The minimum Gasteiger partial charge on any atom is -0.497 e. The van der Waals surface area contributed by atoms with Crippen molar-refractivity contribution in [2.24, 2.45) is 0 Å². The maximum atomic E-state index is 5.58. The molecular weight excluding hydrogens is 456 g/mol. The number of fused-ring (bicyclic) bond motifs is 1. The van der Waals surface area contributed by atoms with E-state index in [2.05, 4.69) is 50.8 Å². The molecule has 0 bridgehead atoms. The number of piperidine rings is 1. The van der Waals surface area contributed by atoms with Crippen LogP contribution in [0.3, 0.4) is 0 Å². The number of aromatic nitrogens is 2. The molecular formula is C27H32N6OS. The Balaban J connectivity index is 1.32. The van der Waals surface area contributed by atoms with Gasteiger partial charge in [0.1, 0.15) is 17.4 Å². The third kappa shape index (κ3) is 5.82. The van der Waals surface area contributed by atoms with Crippen LogP contribution in [0.15, 0.2) is 54.6 Å². The first-order valence-corrected chi connectivity index (χ1v) is 12.7. The van der Waals surface area contributed by atoms with Crippen molar-refractivity contribution in [2.75, 3.05) is 41.9 Å². The fourth-order valence-corrected chi connectivity index (χ4v) is 4.85. The Morgan fingerprint density at radius 2 is 1.63 bits per heavy atom. The molecule has 0 spiro atoms. The van der Waals surface area contributed by atoms with Crippen LogP contribution in [-0.2, 0) is 19.5 Å². The van der Waals surface area contributed by atoms with Crippen molar-refractivity contribution in [3.05, 3.63) is 71.3 Å². The lowest BCUT2D eigenvalue weighted by Crippen LogP contribution is -2.34. The molecule has 0 unspecified atom stereocenters. The SMILES string of the molecule is COc1ccc(CNC(=S)Nc2nc(N3CCCCC3)cc(N3CCc4ccccc4C3)n2)cc1. The van der Waals surface area contributed by atoms with Crippen LogP contribution in [0.1, 0.15) is 36.0 Å². The zero-order chi connectivity index (χ0) is 24.0. The number of nitrogens with one attached hydrogen (secondary N) is 2. The second-order valence-electron chi connectivity index (χ2n) is 9.05. The summed E-state index contributed by atoms with van der Waals surface area (Å²) in [6.45, 7) is 4.45. The van der Waals surface area contributed by atoms with Gasteiger partial charge in [0.25, 0.3) is 0 Å². The Morgan fingerprint density at radius 1 is 0.914 bits per heavy atom. The maximum Gasteiger partial charge on any atom is 0.232 e. The minimum absolute atomic E-state index is 0.506. The normalized spacial score (nSPS) is 15.3. The molecule has 2 aliphatic heterocycles. The first-order chi connectivity index (χ1) is 17.2. The van der Waals surface area contributed by atoms with Gasteiger partial charge < -0.3 is 25.2 Å². The smallest absolute Gasteiger partial charge is 0.232 e. The topological polar surface area (TPSA) is 65.6 Å². The summed E-state index contributed by atoms with van der Waals surface area (Å²) in [5.41, 5.74) is 3.91. The van der Waals surface area contributed by atoms with E-state index >= 15 is 0 Å². The van der Waals surface area contributed by atoms with Gasteiger partial charge in [-0.2, -0.15) is 9.97 Å². The number of nitrogens with zero attached hydrogens (tertiary/aromatic N) is 4. The van der Waals surface area contributed by atoms with Crippen LogP contribution in [0, 0.1) is 0 Å².